The average Bonchev–Trinajstić information content (AvgIpc) is 2.62. The van der Waals surface area contributed by atoms with Gasteiger partial charge in [-0.15, -0.1) is 0 Å². The van der Waals surface area contributed by atoms with Gasteiger partial charge in [0.15, 0.2) is 0 Å². The summed E-state index contributed by atoms with van der Waals surface area (Å²) in [4.78, 5) is 23.1. The molecule has 0 aliphatic rings. The molecule has 0 saturated carbocycles. The summed E-state index contributed by atoms with van der Waals surface area (Å²) in [6.45, 7) is 5.61. The van der Waals surface area contributed by atoms with Crippen molar-refractivity contribution in [2.24, 2.45) is 0 Å². The number of anilines is 1. The molecule has 2 aromatic rings. The molecule has 0 aliphatic carbocycles. The van der Waals surface area contributed by atoms with Crippen molar-refractivity contribution in [2.45, 2.75) is 37.5 Å². The van der Waals surface area contributed by atoms with Crippen LogP contribution in [0.1, 0.15) is 30.4 Å². The molecule has 0 radical (unpaired) electrons. The molecule has 0 aliphatic heterocycles. The predicted octanol–water partition coefficient (Wildman–Crippen LogP) is 3.39. The number of thioether (sulfide) groups is 1. The number of hydrogen-bond acceptors (Lipinski definition) is 6. The van der Waals surface area contributed by atoms with E-state index in [0.29, 0.717) is 28.7 Å². The maximum Gasteiger partial charge on any atom is 0.240 e. The molecule has 26 heavy (non-hydrogen) atoms. The van der Waals surface area contributed by atoms with Crippen molar-refractivity contribution >= 4 is 23.4 Å². The summed E-state index contributed by atoms with van der Waals surface area (Å²) in [7, 11) is 0. The summed E-state index contributed by atoms with van der Waals surface area (Å²) < 4.78 is 0. The van der Waals surface area contributed by atoms with Gasteiger partial charge in [-0.25, -0.2) is 9.97 Å². The molecule has 0 N–H and O–H groups in total. The van der Waals surface area contributed by atoms with Crippen molar-refractivity contribution in [1.82, 2.24) is 9.97 Å². The van der Waals surface area contributed by atoms with E-state index >= 15 is 0 Å². The zero-order chi connectivity index (χ0) is 19.1. The first-order chi connectivity index (χ1) is 12.5. The van der Waals surface area contributed by atoms with Crippen molar-refractivity contribution in [1.29, 1.82) is 10.5 Å². The molecule has 0 fully saturated rings. The highest BCUT2D eigenvalue weighted by Gasteiger charge is 2.25. The SMILES string of the molecule is Cc1nc(C)c(C#N)c(SC(C)C(=O)N(CCC#N)c2ccccc2)n1. The largest absolute Gasteiger partial charge is 0.310 e. The number of benzene rings is 1. The highest BCUT2D eigenvalue weighted by molar-refractivity contribution is 8.00. The first kappa shape index (κ1) is 19.4. The van der Waals surface area contributed by atoms with Crippen LogP contribution in [0.3, 0.4) is 0 Å². The van der Waals surface area contributed by atoms with Crippen molar-refractivity contribution in [3.8, 4) is 12.1 Å². The smallest absolute Gasteiger partial charge is 0.240 e. The number of rotatable bonds is 6. The zero-order valence-electron chi connectivity index (χ0n) is 14.9. The first-order valence-electron chi connectivity index (χ1n) is 8.13. The summed E-state index contributed by atoms with van der Waals surface area (Å²) in [5, 5.41) is 18.3. The number of carbonyl (C=O) groups excluding carboxylic acids is 1. The Morgan fingerprint density at radius 2 is 1.92 bits per heavy atom. The van der Waals surface area contributed by atoms with Crippen LogP contribution < -0.4 is 4.90 Å². The molecule has 1 amide bonds. The fraction of sp³-hybridized carbons (Fsp3) is 0.316. The molecule has 1 unspecified atom stereocenters. The maximum atomic E-state index is 13.0. The number of para-hydroxylation sites is 1. The van der Waals surface area contributed by atoms with Crippen LogP contribution in [0, 0.1) is 36.5 Å². The second-order valence-corrected chi connectivity index (χ2v) is 6.97. The third-order valence-corrected chi connectivity index (χ3v) is 4.77. The van der Waals surface area contributed by atoms with Crippen molar-refractivity contribution in [3.05, 3.63) is 47.4 Å². The number of aryl methyl sites for hydroxylation is 2. The van der Waals surface area contributed by atoms with Crippen LogP contribution in [-0.2, 0) is 4.79 Å². The van der Waals surface area contributed by atoms with E-state index in [2.05, 4.69) is 22.1 Å². The topological polar surface area (TPSA) is 93.7 Å². The molecule has 0 spiro atoms. The molecule has 0 saturated heterocycles. The normalized spacial score (nSPS) is 11.3. The van der Waals surface area contributed by atoms with E-state index in [9.17, 15) is 10.1 Å². The second-order valence-electron chi connectivity index (χ2n) is 5.64. The molecule has 1 aromatic heterocycles. The average molecular weight is 365 g/mol. The van der Waals surface area contributed by atoms with Gasteiger partial charge in [-0.05, 0) is 32.9 Å². The molecule has 0 bridgehead atoms. The van der Waals surface area contributed by atoms with E-state index in [-0.39, 0.29) is 12.3 Å². The molecular formula is C19H19N5OS. The summed E-state index contributed by atoms with van der Waals surface area (Å²) >= 11 is 1.24. The van der Waals surface area contributed by atoms with Gasteiger partial charge in [0.25, 0.3) is 0 Å². The molecule has 1 heterocycles. The lowest BCUT2D eigenvalue weighted by atomic mass is 10.2. The van der Waals surface area contributed by atoms with Crippen LogP contribution in [0.2, 0.25) is 0 Å². The van der Waals surface area contributed by atoms with Crippen LogP contribution in [0.5, 0.6) is 0 Å². The third kappa shape index (κ3) is 4.59. The van der Waals surface area contributed by atoms with Crippen LogP contribution in [0.15, 0.2) is 35.4 Å². The Hall–Kier alpha value is -2.90. The molecule has 6 nitrogen and oxygen atoms in total. The Morgan fingerprint density at radius 1 is 1.23 bits per heavy atom. The van der Waals surface area contributed by atoms with Gasteiger partial charge in [0.1, 0.15) is 22.5 Å². The molecular weight excluding hydrogens is 346 g/mol. The lowest BCUT2D eigenvalue weighted by molar-refractivity contribution is -0.117. The van der Waals surface area contributed by atoms with Crippen molar-refractivity contribution in [2.75, 3.05) is 11.4 Å². The van der Waals surface area contributed by atoms with Gasteiger partial charge in [-0.2, -0.15) is 10.5 Å². The fourth-order valence-corrected chi connectivity index (χ4v) is 3.53. The number of amides is 1. The number of nitriles is 2. The van der Waals surface area contributed by atoms with E-state index in [1.54, 1.807) is 25.7 Å². The van der Waals surface area contributed by atoms with Gasteiger partial charge in [0, 0.05) is 12.2 Å². The summed E-state index contributed by atoms with van der Waals surface area (Å²) in [6.07, 6.45) is 0.243. The van der Waals surface area contributed by atoms with Gasteiger partial charge in [0.2, 0.25) is 5.91 Å². The fourth-order valence-electron chi connectivity index (χ4n) is 2.47. The zero-order valence-corrected chi connectivity index (χ0v) is 15.7. The Labute approximate surface area is 157 Å². The Balaban J connectivity index is 2.27. The Bertz CT molecular complexity index is 870. The lowest BCUT2D eigenvalue weighted by Gasteiger charge is -2.25. The maximum absolute atomic E-state index is 13.0. The summed E-state index contributed by atoms with van der Waals surface area (Å²) in [5.74, 6) is 0.433. The molecule has 7 heteroatoms. The predicted molar refractivity (Wildman–Crippen MR) is 101 cm³/mol. The third-order valence-electron chi connectivity index (χ3n) is 3.70. The Morgan fingerprint density at radius 3 is 2.54 bits per heavy atom. The lowest BCUT2D eigenvalue weighted by Crippen LogP contribution is -2.37. The molecule has 1 aromatic carbocycles. The van der Waals surface area contributed by atoms with Gasteiger partial charge < -0.3 is 4.90 Å². The van der Waals surface area contributed by atoms with Gasteiger partial charge in [-0.3, -0.25) is 4.79 Å². The quantitative estimate of drug-likeness (QED) is 0.575. The molecule has 2 rings (SSSR count). The van der Waals surface area contributed by atoms with E-state index in [4.69, 9.17) is 5.26 Å². The summed E-state index contributed by atoms with van der Waals surface area (Å²) in [5.41, 5.74) is 1.74. The number of nitrogens with zero attached hydrogens (tertiary/aromatic N) is 5. The number of hydrogen-bond donors (Lipinski definition) is 0. The second kappa shape index (κ2) is 8.98. The minimum Gasteiger partial charge on any atom is -0.310 e. The minimum atomic E-state index is -0.463. The van der Waals surface area contributed by atoms with E-state index in [0.717, 1.165) is 5.69 Å². The van der Waals surface area contributed by atoms with Crippen LogP contribution in [0.4, 0.5) is 5.69 Å². The van der Waals surface area contributed by atoms with E-state index in [1.165, 1.54) is 11.8 Å². The Kier molecular flexibility index (Phi) is 6.71. The molecule has 1 atom stereocenters. The number of carbonyl (C=O) groups is 1. The molecule has 132 valence electrons. The van der Waals surface area contributed by atoms with Crippen molar-refractivity contribution in [3.63, 3.8) is 0 Å². The number of aromatic nitrogens is 2. The monoisotopic (exact) mass is 365 g/mol. The van der Waals surface area contributed by atoms with Gasteiger partial charge in [0.05, 0.1) is 23.4 Å². The van der Waals surface area contributed by atoms with Gasteiger partial charge in [-0.1, -0.05) is 30.0 Å². The summed E-state index contributed by atoms with van der Waals surface area (Å²) in [6, 6.07) is 13.5. The van der Waals surface area contributed by atoms with Crippen LogP contribution in [0.25, 0.3) is 0 Å². The van der Waals surface area contributed by atoms with Gasteiger partial charge >= 0.3 is 0 Å². The van der Waals surface area contributed by atoms with Crippen molar-refractivity contribution < 1.29 is 4.79 Å². The van der Waals surface area contributed by atoms with Crippen LogP contribution >= 0.6 is 11.8 Å². The first-order valence-corrected chi connectivity index (χ1v) is 9.01. The van der Waals surface area contributed by atoms with E-state index in [1.807, 2.05) is 30.3 Å². The standard InChI is InChI=1S/C19H19N5OS/c1-13-17(12-21)18(23-15(3)22-13)26-14(2)19(25)24(11-7-10-20)16-8-5-4-6-9-16/h4-6,8-9,14H,7,11H2,1-3H3. The minimum absolute atomic E-state index is 0.130. The van der Waals surface area contributed by atoms with E-state index < -0.39 is 5.25 Å². The van der Waals surface area contributed by atoms with Crippen LogP contribution in [-0.4, -0.2) is 27.7 Å². The highest BCUT2D eigenvalue weighted by Crippen LogP contribution is 2.28. The highest BCUT2D eigenvalue weighted by atomic mass is 32.2.